The van der Waals surface area contributed by atoms with Crippen LogP contribution in [0.15, 0.2) is 17.0 Å². The quantitative estimate of drug-likeness (QED) is 0.778. The fraction of sp³-hybridized carbons (Fsp3) is 0.500. The first-order valence-corrected chi connectivity index (χ1v) is 6.32. The predicted molar refractivity (Wildman–Crippen MR) is 67.1 cm³/mol. The topological polar surface area (TPSA) is 21.3 Å². The third kappa shape index (κ3) is 2.89. The van der Waals surface area contributed by atoms with Crippen LogP contribution >= 0.6 is 11.8 Å². The van der Waals surface area contributed by atoms with Gasteiger partial charge in [-0.25, -0.2) is 0 Å². The summed E-state index contributed by atoms with van der Waals surface area (Å²) in [6.45, 7) is 3.07. The number of nitrogens with one attached hydrogen (secondary N) is 1. The molecule has 2 nitrogen and oxygen atoms in total. The molecule has 1 aromatic carbocycles. The minimum atomic E-state index is 0.980. The van der Waals surface area contributed by atoms with E-state index in [4.69, 9.17) is 4.74 Å². The molecule has 0 amide bonds. The first kappa shape index (κ1) is 12.4. The molecule has 0 saturated carbocycles. The number of hydrogen-bond acceptors (Lipinski definition) is 3. The number of aryl methyl sites for hydroxylation is 1. The molecule has 0 saturated heterocycles. The van der Waals surface area contributed by atoms with Gasteiger partial charge in [0.05, 0.1) is 7.11 Å². The van der Waals surface area contributed by atoms with Gasteiger partial charge in [0.1, 0.15) is 5.75 Å². The zero-order valence-corrected chi connectivity index (χ0v) is 10.7. The molecule has 0 atom stereocenters. The zero-order valence-electron chi connectivity index (χ0n) is 9.89. The van der Waals surface area contributed by atoms with Crippen LogP contribution in [0.2, 0.25) is 0 Å². The summed E-state index contributed by atoms with van der Waals surface area (Å²) in [6.07, 6.45) is 3.12. The molecule has 0 aliphatic carbocycles. The van der Waals surface area contributed by atoms with Crippen LogP contribution in [0, 0.1) is 6.92 Å². The molecule has 0 aliphatic heterocycles. The molecule has 3 heteroatoms. The molecule has 0 unspecified atom stereocenters. The summed E-state index contributed by atoms with van der Waals surface area (Å²) in [5.41, 5.74) is 2.53. The maximum Gasteiger partial charge on any atom is 0.126 e. The van der Waals surface area contributed by atoms with Crippen molar-refractivity contribution in [2.45, 2.75) is 18.2 Å². The van der Waals surface area contributed by atoms with Gasteiger partial charge in [-0.1, -0.05) is 6.07 Å². The van der Waals surface area contributed by atoms with Gasteiger partial charge in [-0.15, -0.1) is 11.8 Å². The van der Waals surface area contributed by atoms with Gasteiger partial charge in [0.25, 0.3) is 0 Å². The van der Waals surface area contributed by atoms with Gasteiger partial charge in [-0.3, -0.25) is 0 Å². The van der Waals surface area contributed by atoms with E-state index in [9.17, 15) is 0 Å². The van der Waals surface area contributed by atoms with Gasteiger partial charge in [-0.05, 0) is 44.8 Å². The van der Waals surface area contributed by atoms with E-state index in [2.05, 4.69) is 30.6 Å². The van der Waals surface area contributed by atoms with Crippen LogP contribution in [0.5, 0.6) is 5.75 Å². The third-order valence-corrected chi connectivity index (χ3v) is 3.29. The lowest BCUT2D eigenvalue weighted by atomic mass is 10.1. The van der Waals surface area contributed by atoms with Crippen molar-refractivity contribution in [3.8, 4) is 5.75 Å². The number of thioether (sulfide) groups is 1. The molecule has 15 heavy (non-hydrogen) atoms. The van der Waals surface area contributed by atoms with Crippen LogP contribution in [0.4, 0.5) is 0 Å². The SMILES string of the molecule is CNCCc1c(SC)ccc(C)c1OC. The van der Waals surface area contributed by atoms with E-state index in [-0.39, 0.29) is 0 Å². The average molecular weight is 225 g/mol. The molecule has 0 aromatic heterocycles. The van der Waals surface area contributed by atoms with Crippen molar-refractivity contribution >= 4 is 11.8 Å². The summed E-state index contributed by atoms with van der Waals surface area (Å²) in [7, 11) is 3.72. The standard InChI is InChI=1S/C12H19NOS/c1-9-5-6-11(15-4)10(7-8-13-2)12(9)14-3/h5-6,13H,7-8H2,1-4H3. The maximum absolute atomic E-state index is 5.47. The van der Waals surface area contributed by atoms with Crippen molar-refractivity contribution in [1.82, 2.24) is 5.32 Å². The Labute approximate surface area is 96.4 Å². The summed E-state index contributed by atoms with van der Waals surface area (Å²) in [6, 6.07) is 4.29. The first-order chi connectivity index (χ1) is 7.24. The van der Waals surface area contributed by atoms with E-state index < -0.39 is 0 Å². The number of likely N-dealkylation sites (N-methyl/N-ethyl adjacent to an activating group) is 1. The van der Waals surface area contributed by atoms with Gasteiger partial charge < -0.3 is 10.1 Å². The lowest BCUT2D eigenvalue weighted by molar-refractivity contribution is 0.404. The summed E-state index contributed by atoms with van der Waals surface area (Å²) in [5, 5.41) is 3.17. The lowest BCUT2D eigenvalue weighted by Gasteiger charge is -2.14. The molecular weight excluding hydrogens is 206 g/mol. The molecule has 84 valence electrons. The maximum atomic E-state index is 5.47. The Bertz CT molecular complexity index is 326. The van der Waals surface area contributed by atoms with Gasteiger partial charge >= 0.3 is 0 Å². The highest BCUT2D eigenvalue weighted by atomic mass is 32.2. The fourth-order valence-corrected chi connectivity index (χ4v) is 2.33. The van der Waals surface area contributed by atoms with Crippen LogP contribution in [0.25, 0.3) is 0 Å². The van der Waals surface area contributed by atoms with Gasteiger partial charge in [0.15, 0.2) is 0 Å². The van der Waals surface area contributed by atoms with Gasteiger partial charge in [0.2, 0.25) is 0 Å². The van der Waals surface area contributed by atoms with Crippen LogP contribution < -0.4 is 10.1 Å². The van der Waals surface area contributed by atoms with E-state index in [0.717, 1.165) is 18.7 Å². The minimum Gasteiger partial charge on any atom is -0.496 e. The molecule has 0 aliphatic rings. The normalized spacial score (nSPS) is 10.4. The molecular formula is C12H19NOS. The van der Waals surface area contributed by atoms with Crippen molar-refractivity contribution in [2.75, 3.05) is 27.0 Å². The monoisotopic (exact) mass is 225 g/mol. The molecule has 0 fully saturated rings. The third-order valence-electron chi connectivity index (χ3n) is 2.46. The van der Waals surface area contributed by atoms with Crippen molar-refractivity contribution in [1.29, 1.82) is 0 Å². The highest BCUT2D eigenvalue weighted by molar-refractivity contribution is 7.98. The van der Waals surface area contributed by atoms with Crippen molar-refractivity contribution in [2.24, 2.45) is 0 Å². The van der Waals surface area contributed by atoms with Crippen molar-refractivity contribution in [3.63, 3.8) is 0 Å². The predicted octanol–water partition coefficient (Wildman–Crippen LogP) is 2.49. The van der Waals surface area contributed by atoms with Crippen molar-refractivity contribution < 1.29 is 4.74 Å². The van der Waals surface area contributed by atoms with Crippen LogP contribution in [-0.2, 0) is 6.42 Å². The van der Waals surface area contributed by atoms with Crippen molar-refractivity contribution in [3.05, 3.63) is 23.3 Å². The fourth-order valence-electron chi connectivity index (χ4n) is 1.69. The average Bonchev–Trinajstić information content (AvgIpc) is 2.26. The number of ether oxygens (including phenoxy) is 1. The second kappa shape index (κ2) is 6.03. The highest BCUT2D eigenvalue weighted by Gasteiger charge is 2.10. The minimum absolute atomic E-state index is 0.980. The summed E-state index contributed by atoms with van der Waals surface area (Å²) >= 11 is 1.78. The highest BCUT2D eigenvalue weighted by Crippen LogP contribution is 2.32. The summed E-state index contributed by atoms with van der Waals surface area (Å²) < 4.78 is 5.47. The smallest absolute Gasteiger partial charge is 0.126 e. The molecule has 0 spiro atoms. The zero-order chi connectivity index (χ0) is 11.3. The Morgan fingerprint density at radius 3 is 2.67 bits per heavy atom. The van der Waals surface area contributed by atoms with E-state index >= 15 is 0 Å². The Hall–Kier alpha value is -0.670. The van der Waals surface area contributed by atoms with E-state index in [1.807, 2.05) is 7.05 Å². The Kier molecular flexibility index (Phi) is 4.99. The summed E-state index contributed by atoms with van der Waals surface area (Å²) in [4.78, 5) is 1.31. The Morgan fingerprint density at radius 2 is 2.13 bits per heavy atom. The second-order valence-corrected chi connectivity index (χ2v) is 4.30. The Morgan fingerprint density at radius 1 is 1.40 bits per heavy atom. The molecule has 0 radical (unpaired) electrons. The number of methoxy groups -OCH3 is 1. The Balaban J connectivity index is 3.09. The largest absolute Gasteiger partial charge is 0.496 e. The molecule has 0 heterocycles. The van der Waals surface area contributed by atoms with Crippen LogP contribution in [-0.4, -0.2) is 27.0 Å². The number of rotatable bonds is 5. The number of hydrogen-bond donors (Lipinski definition) is 1. The van der Waals surface area contributed by atoms with Gasteiger partial charge in [-0.2, -0.15) is 0 Å². The lowest BCUT2D eigenvalue weighted by Crippen LogP contribution is -2.12. The molecule has 0 bridgehead atoms. The summed E-state index contributed by atoms with van der Waals surface area (Å²) in [5.74, 6) is 1.04. The molecule has 1 N–H and O–H groups in total. The van der Waals surface area contributed by atoms with E-state index in [0.29, 0.717) is 0 Å². The number of benzene rings is 1. The molecule has 1 rings (SSSR count). The van der Waals surface area contributed by atoms with Crippen LogP contribution in [0.1, 0.15) is 11.1 Å². The second-order valence-electron chi connectivity index (χ2n) is 3.45. The first-order valence-electron chi connectivity index (χ1n) is 5.09. The van der Waals surface area contributed by atoms with E-state index in [1.165, 1.54) is 16.0 Å². The van der Waals surface area contributed by atoms with Crippen LogP contribution in [0.3, 0.4) is 0 Å². The van der Waals surface area contributed by atoms with Gasteiger partial charge in [0, 0.05) is 10.5 Å². The molecule has 1 aromatic rings. The van der Waals surface area contributed by atoms with E-state index in [1.54, 1.807) is 18.9 Å².